The summed E-state index contributed by atoms with van der Waals surface area (Å²) in [6, 6.07) is 3.70. The normalized spacial score (nSPS) is 29.9. The number of carbonyl (C=O) groups excluding carboxylic acids is 1. The van der Waals surface area contributed by atoms with Crippen LogP contribution in [0.25, 0.3) is 0 Å². The van der Waals surface area contributed by atoms with Gasteiger partial charge in [-0.2, -0.15) is 5.10 Å². The average molecular weight is 234 g/mol. The molecular formula is C12H14N2OS. The number of hydrazone groups is 1. The monoisotopic (exact) mass is 234 g/mol. The van der Waals surface area contributed by atoms with E-state index in [-0.39, 0.29) is 5.91 Å². The van der Waals surface area contributed by atoms with Crippen LogP contribution in [0.2, 0.25) is 0 Å². The van der Waals surface area contributed by atoms with Gasteiger partial charge in [0, 0.05) is 5.71 Å². The lowest BCUT2D eigenvalue weighted by Gasteiger charge is -2.11. The first kappa shape index (κ1) is 10.0. The Bertz CT molecular complexity index is 424. The SMILES string of the molecule is O=C(N/N=C1/CC2CCC1C2)c1cccs1. The van der Waals surface area contributed by atoms with Crippen molar-refractivity contribution in [2.75, 3.05) is 0 Å². The average Bonchev–Trinajstić information content (AvgIpc) is 3.01. The molecule has 0 aliphatic heterocycles. The molecule has 2 unspecified atom stereocenters. The van der Waals surface area contributed by atoms with Crippen molar-refractivity contribution in [1.82, 2.24) is 5.43 Å². The molecule has 0 saturated heterocycles. The summed E-state index contributed by atoms with van der Waals surface area (Å²) in [5, 5.41) is 6.19. The van der Waals surface area contributed by atoms with Crippen molar-refractivity contribution < 1.29 is 4.79 Å². The molecule has 2 fully saturated rings. The Kier molecular flexibility index (Phi) is 2.52. The number of hydrogen-bond acceptors (Lipinski definition) is 3. The third-order valence-corrected chi connectivity index (χ3v) is 4.42. The van der Waals surface area contributed by atoms with Gasteiger partial charge in [0.2, 0.25) is 0 Å². The summed E-state index contributed by atoms with van der Waals surface area (Å²) in [6.45, 7) is 0. The van der Waals surface area contributed by atoms with E-state index in [4.69, 9.17) is 0 Å². The molecule has 0 spiro atoms. The number of nitrogens with zero attached hydrogens (tertiary/aromatic N) is 1. The first-order valence-corrected chi connectivity index (χ1v) is 6.61. The maximum atomic E-state index is 11.7. The van der Waals surface area contributed by atoms with Gasteiger partial charge in [-0.1, -0.05) is 6.07 Å². The maximum absolute atomic E-state index is 11.7. The number of rotatable bonds is 2. The van der Waals surface area contributed by atoms with Crippen molar-refractivity contribution in [2.24, 2.45) is 16.9 Å². The first-order valence-electron chi connectivity index (χ1n) is 5.73. The first-order chi connectivity index (χ1) is 7.83. The van der Waals surface area contributed by atoms with Gasteiger partial charge in [0.05, 0.1) is 4.88 Å². The number of hydrogen-bond donors (Lipinski definition) is 1. The summed E-state index contributed by atoms with van der Waals surface area (Å²) in [7, 11) is 0. The highest BCUT2D eigenvalue weighted by Gasteiger charge is 2.36. The van der Waals surface area contributed by atoms with E-state index in [1.165, 1.54) is 36.3 Å². The molecule has 1 N–H and O–H groups in total. The van der Waals surface area contributed by atoms with Crippen LogP contribution in [-0.4, -0.2) is 11.6 Å². The summed E-state index contributed by atoms with van der Waals surface area (Å²) in [5.74, 6) is 1.40. The van der Waals surface area contributed by atoms with E-state index in [2.05, 4.69) is 10.5 Å². The van der Waals surface area contributed by atoms with E-state index >= 15 is 0 Å². The predicted octanol–water partition coefficient (Wildman–Crippen LogP) is 2.65. The van der Waals surface area contributed by atoms with E-state index in [0.29, 0.717) is 5.92 Å². The van der Waals surface area contributed by atoms with Crippen LogP contribution in [0.5, 0.6) is 0 Å². The highest BCUT2D eigenvalue weighted by Crippen LogP contribution is 2.42. The van der Waals surface area contributed by atoms with Crippen LogP contribution in [-0.2, 0) is 0 Å². The Balaban J connectivity index is 1.64. The molecule has 3 rings (SSSR count). The molecule has 0 radical (unpaired) electrons. The summed E-state index contributed by atoms with van der Waals surface area (Å²) < 4.78 is 0. The van der Waals surface area contributed by atoms with Crippen molar-refractivity contribution in [3.8, 4) is 0 Å². The van der Waals surface area contributed by atoms with Crippen LogP contribution in [0, 0.1) is 11.8 Å². The number of carbonyl (C=O) groups is 1. The van der Waals surface area contributed by atoms with Gasteiger partial charge in [-0.25, -0.2) is 5.43 Å². The standard InChI is InChI=1S/C12H14N2OS/c15-12(11-2-1-5-16-11)14-13-10-7-8-3-4-9(10)6-8/h1-2,5,8-9H,3-4,6-7H2,(H,14,15)/b13-10-. The molecule has 1 aromatic heterocycles. The lowest BCUT2D eigenvalue weighted by atomic mass is 9.99. The number of amides is 1. The van der Waals surface area contributed by atoms with Crippen molar-refractivity contribution in [3.05, 3.63) is 22.4 Å². The maximum Gasteiger partial charge on any atom is 0.281 e. The topological polar surface area (TPSA) is 41.5 Å². The smallest absolute Gasteiger partial charge is 0.266 e. The van der Waals surface area contributed by atoms with Crippen molar-refractivity contribution in [1.29, 1.82) is 0 Å². The molecule has 84 valence electrons. The molecule has 4 heteroatoms. The summed E-state index contributed by atoms with van der Waals surface area (Å²) in [5.41, 5.74) is 3.88. The van der Waals surface area contributed by atoms with Gasteiger partial charge in [0.15, 0.2) is 0 Å². The second-order valence-corrected chi connectivity index (χ2v) is 5.55. The van der Waals surface area contributed by atoms with Crippen LogP contribution >= 0.6 is 11.3 Å². The van der Waals surface area contributed by atoms with Crippen LogP contribution in [0.1, 0.15) is 35.4 Å². The Labute approximate surface area is 98.6 Å². The quantitative estimate of drug-likeness (QED) is 0.785. The van der Waals surface area contributed by atoms with E-state index in [1.807, 2.05) is 17.5 Å². The van der Waals surface area contributed by atoms with Gasteiger partial charge in [-0.3, -0.25) is 4.79 Å². The van der Waals surface area contributed by atoms with Crippen LogP contribution in [0.3, 0.4) is 0 Å². The van der Waals surface area contributed by atoms with Gasteiger partial charge in [-0.15, -0.1) is 11.3 Å². The van der Waals surface area contributed by atoms with Crippen molar-refractivity contribution >= 4 is 23.0 Å². The molecule has 1 amide bonds. The second-order valence-electron chi connectivity index (χ2n) is 4.60. The van der Waals surface area contributed by atoms with Crippen LogP contribution in [0.15, 0.2) is 22.6 Å². The fourth-order valence-corrected chi connectivity index (χ4v) is 3.36. The fourth-order valence-electron chi connectivity index (χ4n) is 2.75. The van der Waals surface area contributed by atoms with Crippen LogP contribution < -0.4 is 5.43 Å². The summed E-state index contributed by atoms with van der Waals surface area (Å²) in [4.78, 5) is 12.4. The number of nitrogens with one attached hydrogen (secondary N) is 1. The Morgan fingerprint density at radius 1 is 1.50 bits per heavy atom. The van der Waals surface area contributed by atoms with Gasteiger partial charge in [0.25, 0.3) is 5.91 Å². The second kappa shape index (κ2) is 4.01. The third kappa shape index (κ3) is 1.78. The molecule has 2 aliphatic rings. The van der Waals surface area contributed by atoms with Gasteiger partial charge in [-0.05, 0) is 49.0 Å². The van der Waals surface area contributed by atoms with Gasteiger partial charge < -0.3 is 0 Å². The fraction of sp³-hybridized carbons (Fsp3) is 0.500. The lowest BCUT2D eigenvalue weighted by molar-refractivity contribution is 0.0958. The van der Waals surface area contributed by atoms with Crippen molar-refractivity contribution in [2.45, 2.75) is 25.7 Å². The van der Waals surface area contributed by atoms with E-state index in [1.54, 1.807) is 0 Å². The third-order valence-electron chi connectivity index (χ3n) is 3.56. The van der Waals surface area contributed by atoms with Gasteiger partial charge in [0.1, 0.15) is 0 Å². The van der Waals surface area contributed by atoms with E-state index < -0.39 is 0 Å². The minimum Gasteiger partial charge on any atom is -0.266 e. The summed E-state index contributed by atoms with van der Waals surface area (Å²) >= 11 is 1.45. The zero-order valence-corrected chi connectivity index (χ0v) is 9.80. The predicted molar refractivity (Wildman–Crippen MR) is 64.7 cm³/mol. The van der Waals surface area contributed by atoms with Crippen LogP contribution in [0.4, 0.5) is 0 Å². The molecule has 1 aromatic rings. The Morgan fingerprint density at radius 2 is 2.44 bits per heavy atom. The Hall–Kier alpha value is -1.16. The zero-order valence-electron chi connectivity index (χ0n) is 8.98. The number of fused-ring (bicyclic) bond motifs is 2. The Morgan fingerprint density at radius 3 is 3.06 bits per heavy atom. The molecule has 2 aliphatic carbocycles. The molecule has 2 atom stereocenters. The van der Waals surface area contributed by atoms with Gasteiger partial charge >= 0.3 is 0 Å². The summed E-state index contributed by atoms with van der Waals surface area (Å²) in [6.07, 6.45) is 4.99. The molecule has 1 heterocycles. The number of thiophene rings is 1. The molecule has 2 bridgehead atoms. The largest absolute Gasteiger partial charge is 0.281 e. The van der Waals surface area contributed by atoms with E-state index in [9.17, 15) is 4.79 Å². The lowest BCUT2D eigenvalue weighted by Crippen LogP contribution is -2.21. The van der Waals surface area contributed by atoms with E-state index in [0.717, 1.165) is 17.2 Å². The minimum absolute atomic E-state index is 0.0785. The molecule has 3 nitrogen and oxygen atoms in total. The molecule has 0 aromatic carbocycles. The highest BCUT2D eigenvalue weighted by atomic mass is 32.1. The minimum atomic E-state index is -0.0785. The molecular weight excluding hydrogens is 220 g/mol. The van der Waals surface area contributed by atoms with Crippen molar-refractivity contribution in [3.63, 3.8) is 0 Å². The molecule has 16 heavy (non-hydrogen) atoms. The zero-order chi connectivity index (χ0) is 11.0. The highest BCUT2D eigenvalue weighted by molar-refractivity contribution is 7.12. The molecule has 2 saturated carbocycles.